The summed E-state index contributed by atoms with van der Waals surface area (Å²) in [5, 5.41) is 4.68. The average molecular weight is 439 g/mol. The number of aromatic nitrogens is 2. The Morgan fingerprint density at radius 3 is 2.35 bits per heavy atom. The number of nitrogens with zero attached hydrogens (tertiary/aromatic N) is 2. The third-order valence-corrected chi connectivity index (χ3v) is 5.79. The van der Waals surface area contributed by atoms with Crippen LogP contribution in [0.5, 0.6) is 11.6 Å². The first-order valence-corrected chi connectivity index (χ1v) is 11.4. The zero-order chi connectivity index (χ0) is 22.4. The lowest BCUT2D eigenvalue weighted by Gasteiger charge is -2.22. The molecule has 0 spiro atoms. The maximum Gasteiger partial charge on any atom is 0.344 e. The van der Waals surface area contributed by atoms with Gasteiger partial charge in [-0.3, -0.25) is 0 Å². The number of esters is 1. The van der Waals surface area contributed by atoms with E-state index in [1.807, 2.05) is 58.0 Å². The molecule has 0 aliphatic carbocycles. The van der Waals surface area contributed by atoms with Crippen molar-refractivity contribution in [3.8, 4) is 11.6 Å². The Labute approximate surface area is 188 Å². The monoisotopic (exact) mass is 438 g/mol. The Morgan fingerprint density at radius 2 is 1.74 bits per heavy atom. The van der Waals surface area contributed by atoms with Crippen molar-refractivity contribution < 1.29 is 14.3 Å². The van der Waals surface area contributed by atoms with Crippen molar-refractivity contribution in [3.63, 3.8) is 0 Å². The molecule has 0 saturated carbocycles. The van der Waals surface area contributed by atoms with Crippen LogP contribution in [0.3, 0.4) is 0 Å². The molecule has 0 saturated heterocycles. The van der Waals surface area contributed by atoms with Crippen molar-refractivity contribution in [2.75, 3.05) is 6.61 Å². The van der Waals surface area contributed by atoms with Gasteiger partial charge in [0.1, 0.15) is 5.75 Å². The molecule has 0 aliphatic rings. The van der Waals surface area contributed by atoms with Crippen LogP contribution in [-0.4, -0.2) is 22.4 Å². The van der Waals surface area contributed by atoms with Crippen LogP contribution < -0.4 is 9.47 Å². The van der Waals surface area contributed by atoms with E-state index in [4.69, 9.17) is 9.47 Å². The number of carbonyl (C=O) groups is 1. The van der Waals surface area contributed by atoms with Gasteiger partial charge in [-0.2, -0.15) is 5.10 Å². The molecule has 6 heteroatoms. The van der Waals surface area contributed by atoms with Gasteiger partial charge in [0.15, 0.2) is 0 Å². The molecule has 0 fully saturated rings. The van der Waals surface area contributed by atoms with E-state index in [2.05, 4.69) is 12.0 Å². The van der Waals surface area contributed by atoms with Gasteiger partial charge in [0.25, 0.3) is 0 Å². The van der Waals surface area contributed by atoms with E-state index >= 15 is 0 Å². The second-order valence-corrected chi connectivity index (χ2v) is 9.42. The molecule has 0 radical (unpaired) electrons. The summed E-state index contributed by atoms with van der Waals surface area (Å²) in [5.74, 6) is 0.799. The van der Waals surface area contributed by atoms with Crippen LogP contribution in [0.25, 0.3) is 0 Å². The van der Waals surface area contributed by atoms with Crippen molar-refractivity contribution in [2.45, 2.75) is 62.8 Å². The number of aryl methyl sites for hydroxylation is 1. The molecule has 0 unspecified atom stereocenters. The van der Waals surface area contributed by atoms with Gasteiger partial charge in [-0.1, -0.05) is 43.3 Å². The summed E-state index contributed by atoms with van der Waals surface area (Å²) in [6.45, 7) is 10.8. The molecule has 3 aromatic rings. The second kappa shape index (κ2) is 10.1. The molecule has 31 heavy (non-hydrogen) atoms. The lowest BCUT2D eigenvalue weighted by Crippen LogP contribution is -2.25. The highest BCUT2D eigenvalue weighted by Gasteiger charge is 2.27. The molecular formula is C25H30N2O3S. The van der Waals surface area contributed by atoms with E-state index in [1.54, 1.807) is 40.7 Å². The first-order valence-electron chi connectivity index (χ1n) is 10.6. The van der Waals surface area contributed by atoms with Gasteiger partial charge in [-0.05, 0) is 70.5 Å². The lowest BCUT2D eigenvalue weighted by molar-refractivity contribution is 0.0704. The zero-order valence-corrected chi connectivity index (χ0v) is 19.7. The number of carbonyl (C=O) groups excluding carboxylic acids is 1. The average Bonchev–Trinajstić information content (AvgIpc) is 3.05. The standard InChI is InChI=1S/C25H30N2O3S/c1-6-7-17-29-20-15-13-19(14-16-20)24(28)30-23-22(31-21-11-9-8-10-12-21)18(2)26-27(23)25(3,4)5/h8-16H,6-7,17H2,1-5H3. The van der Waals surface area contributed by atoms with Crippen molar-refractivity contribution in [1.82, 2.24) is 9.78 Å². The third-order valence-electron chi connectivity index (χ3n) is 4.61. The van der Waals surface area contributed by atoms with E-state index < -0.39 is 5.97 Å². The molecule has 1 aromatic heterocycles. The molecule has 1 heterocycles. The van der Waals surface area contributed by atoms with Gasteiger partial charge >= 0.3 is 5.97 Å². The minimum atomic E-state index is -0.416. The summed E-state index contributed by atoms with van der Waals surface area (Å²) in [4.78, 5) is 14.9. The Morgan fingerprint density at radius 1 is 1.06 bits per heavy atom. The predicted molar refractivity (Wildman–Crippen MR) is 124 cm³/mol. The summed E-state index contributed by atoms with van der Waals surface area (Å²) < 4.78 is 13.4. The smallest absolute Gasteiger partial charge is 0.344 e. The SMILES string of the molecule is CCCCOc1ccc(C(=O)Oc2c(Sc3ccccc3)c(C)nn2C(C)(C)C)cc1. The first kappa shape index (κ1) is 22.9. The van der Waals surface area contributed by atoms with E-state index in [1.165, 1.54) is 0 Å². The van der Waals surface area contributed by atoms with Crippen molar-refractivity contribution in [3.05, 3.63) is 65.9 Å². The molecule has 0 N–H and O–H groups in total. The second-order valence-electron chi connectivity index (χ2n) is 8.33. The molecule has 164 valence electrons. The molecule has 3 rings (SSSR count). The van der Waals surface area contributed by atoms with Crippen molar-refractivity contribution >= 4 is 17.7 Å². The van der Waals surface area contributed by atoms with Gasteiger partial charge in [0.2, 0.25) is 5.88 Å². The summed E-state index contributed by atoms with van der Waals surface area (Å²) in [6, 6.07) is 17.1. The minimum Gasteiger partial charge on any atom is -0.494 e. The molecule has 0 amide bonds. The van der Waals surface area contributed by atoms with E-state index in [9.17, 15) is 4.79 Å². The topological polar surface area (TPSA) is 53.4 Å². The number of ether oxygens (including phenoxy) is 2. The summed E-state index contributed by atoms with van der Waals surface area (Å²) in [5.41, 5.74) is 0.955. The normalized spacial score (nSPS) is 11.4. The Bertz CT molecular complexity index is 1010. The van der Waals surface area contributed by atoms with Crippen LogP contribution in [0, 0.1) is 6.92 Å². The van der Waals surface area contributed by atoms with Crippen LogP contribution in [0.15, 0.2) is 64.4 Å². The minimum absolute atomic E-state index is 0.340. The molecule has 5 nitrogen and oxygen atoms in total. The Hall–Kier alpha value is -2.73. The Balaban J connectivity index is 1.86. The van der Waals surface area contributed by atoms with Gasteiger partial charge in [-0.25, -0.2) is 9.48 Å². The van der Waals surface area contributed by atoms with Crippen LogP contribution in [0.2, 0.25) is 0 Å². The number of benzene rings is 2. The lowest BCUT2D eigenvalue weighted by atomic mass is 10.1. The molecule has 0 aliphatic heterocycles. The molecule has 0 bridgehead atoms. The van der Waals surface area contributed by atoms with Gasteiger partial charge in [0, 0.05) is 4.90 Å². The van der Waals surface area contributed by atoms with Gasteiger partial charge < -0.3 is 9.47 Å². The first-order chi connectivity index (χ1) is 14.8. The largest absolute Gasteiger partial charge is 0.494 e. The summed E-state index contributed by atoms with van der Waals surface area (Å²) >= 11 is 1.55. The maximum absolute atomic E-state index is 13.0. The number of rotatable bonds is 8. The van der Waals surface area contributed by atoms with Crippen molar-refractivity contribution in [2.24, 2.45) is 0 Å². The predicted octanol–water partition coefficient (Wildman–Crippen LogP) is 6.50. The molecule has 0 atom stereocenters. The maximum atomic E-state index is 13.0. The third kappa shape index (κ3) is 5.91. The van der Waals surface area contributed by atoms with Gasteiger partial charge in [0.05, 0.1) is 28.3 Å². The fourth-order valence-corrected chi connectivity index (χ4v) is 3.86. The zero-order valence-electron chi connectivity index (χ0n) is 18.8. The van der Waals surface area contributed by atoms with Crippen LogP contribution in [0.1, 0.15) is 56.6 Å². The number of unbranched alkanes of at least 4 members (excludes halogenated alkanes) is 1. The Kier molecular flexibility index (Phi) is 7.44. The highest BCUT2D eigenvalue weighted by molar-refractivity contribution is 7.99. The number of hydrogen-bond acceptors (Lipinski definition) is 5. The van der Waals surface area contributed by atoms with Crippen LogP contribution >= 0.6 is 11.8 Å². The molecule has 2 aromatic carbocycles. The van der Waals surface area contributed by atoms with Crippen molar-refractivity contribution in [1.29, 1.82) is 0 Å². The summed E-state index contributed by atoms with van der Waals surface area (Å²) in [7, 11) is 0. The fraction of sp³-hybridized carbons (Fsp3) is 0.360. The van der Waals surface area contributed by atoms with Crippen LogP contribution in [-0.2, 0) is 5.54 Å². The number of hydrogen-bond donors (Lipinski definition) is 0. The molecular weight excluding hydrogens is 408 g/mol. The fourth-order valence-electron chi connectivity index (χ4n) is 2.93. The quantitative estimate of drug-likeness (QED) is 0.297. The van der Waals surface area contributed by atoms with E-state index in [-0.39, 0.29) is 5.54 Å². The van der Waals surface area contributed by atoms with E-state index in [0.717, 1.165) is 34.1 Å². The van der Waals surface area contributed by atoms with Gasteiger partial charge in [-0.15, -0.1) is 0 Å². The highest BCUT2D eigenvalue weighted by Crippen LogP contribution is 2.40. The van der Waals surface area contributed by atoms with E-state index in [0.29, 0.717) is 18.1 Å². The summed E-state index contributed by atoms with van der Waals surface area (Å²) in [6.07, 6.45) is 2.08. The highest BCUT2D eigenvalue weighted by atomic mass is 32.2. The van der Waals surface area contributed by atoms with Crippen LogP contribution in [0.4, 0.5) is 0 Å².